The van der Waals surface area contributed by atoms with Gasteiger partial charge in [0, 0.05) is 12.1 Å². The van der Waals surface area contributed by atoms with Crippen molar-refractivity contribution in [3.05, 3.63) is 59.7 Å². The highest BCUT2D eigenvalue weighted by atomic mass is 16.5. The van der Waals surface area contributed by atoms with E-state index in [1.807, 2.05) is 56.3 Å². The molecule has 0 unspecified atom stereocenters. The minimum atomic E-state index is -0.468. The molecule has 0 aliphatic carbocycles. The van der Waals surface area contributed by atoms with Crippen LogP contribution in [-0.4, -0.2) is 31.7 Å². The van der Waals surface area contributed by atoms with E-state index in [4.69, 9.17) is 14.2 Å². The van der Waals surface area contributed by atoms with E-state index in [0.29, 0.717) is 18.0 Å². The van der Waals surface area contributed by atoms with E-state index in [1.165, 1.54) is 0 Å². The Hall–Kier alpha value is -3.02. The van der Waals surface area contributed by atoms with Crippen molar-refractivity contribution in [3.63, 3.8) is 0 Å². The van der Waals surface area contributed by atoms with Crippen LogP contribution in [-0.2, 0) is 27.3 Å². The number of hydrogen-bond acceptors (Lipinski definition) is 5. The Morgan fingerprint density at radius 3 is 2.59 bits per heavy atom. The normalized spacial score (nSPS) is 10.4. The summed E-state index contributed by atoms with van der Waals surface area (Å²) in [5, 5.41) is 2.71. The maximum atomic E-state index is 12.0. The number of hydrogen-bond donors (Lipinski definition) is 1. The van der Waals surface area contributed by atoms with Crippen molar-refractivity contribution in [3.8, 4) is 11.5 Å². The fourth-order valence-electron chi connectivity index (χ4n) is 2.46. The van der Waals surface area contributed by atoms with Gasteiger partial charge in [0.15, 0.2) is 6.61 Å². The monoisotopic (exact) mass is 371 g/mol. The van der Waals surface area contributed by atoms with Crippen molar-refractivity contribution in [2.24, 2.45) is 0 Å². The van der Waals surface area contributed by atoms with E-state index in [0.717, 1.165) is 11.1 Å². The number of benzene rings is 2. The molecule has 0 bridgehead atoms. The molecule has 0 aromatic heterocycles. The first-order valence-corrected chi connectivity index (χ1v) is 8.77. The summed E-state index contributed by atoms with van der Waals surface area (Å²) in [6.45, 7) is 3.85. The Bertz CT molecular complexity index is 773. The first-order valence-electron chi connectivity index (χ1n) is 8.77. The van der Waals surface area contributed by atoms with Crippen molar-refractivity contribution in [1.29, 1.82) is 0 Å². The highest BCUT2D eigenvalue weighted by Gasteiger charge is 2.10. The number of amides is 1. The predicted octanol–water partition coefficient (Wildman–Crippen LogP) is 2.88. The molecule has 0 atom stereocenters. The van der Waals surface area contributed by atoms with Gasteiger partial charge in [-0.25, -0.2) is 0 Å². The lowest BCUT2D eigenvalue weighted by molar-refractivity contribution is -0.147. The third-order valence-electron chi connectivity index (χ3n) is 3.65. The Labute approximate surface area is 159 Å². The van der Waals surface area contributed by atoms with Crippen LogP contribution in [0.15, 0.2) is 48.5 Å². The fourth-order valence-corrected chi connectivity index (χ4v) is 2.46. The van der Waals surface area contributed by atoms with Crippen molar-refractivity contribution in [2.45, 2.75) is 32.9 Å². The SMILES string of the molecule is COc1ccccc1CNC(=O)COC(=O)Cc1cccc(OC(C)C)c1. The van der Waals surface area contributed by atoms with Gasteiger partial charge in [0.2, 0.25) is 0 Å². The minimum absolute atomic E-state index is 0.0548. The van der Waals surface area contributed by atoms with Crippen LogP contribution >= 0.6 is 0 Å². The van der Waals surface area contributed by atoms with E-state index in [1.54, 1.807) is 13.2 Å². The molecule has 2 rings (SSSR count). The molecule has 0 radical (unpaired) electrons. The zero-order valence-corrected chi connectivity index (χ0v) is 15.9. The number of methoxy groups -OCH3 is 1. The van der Waals surface area contributed by atoms with Crippen molar-refractivity contribution in [1.82, 2.24) is 5.32 Å². The number of ether oxygens (including phenoxy) is 3. The van der Waals surface area contributed by atoms with Gasteiger partial charge in [-0.15, -0.1) is 0 Å². The summed E-state index contributed by atoms with van der Waals surface area (Å²) in [5.74, 6) is 0.554. The third kappa shape index (κ3) is 7.01. The lowest BCUT2D eigenvalue weighted by atomic mass is 10.1. The topological polar surface area (TPSA) is 73.9 Å². The predicted molar refractivity (Wildman–Crippen MR) is 102 cm³/mol. The zero-order valence-electron chi connectivity index (χ0n) is 15.9. The van der Waals surface area contributed by atoms with E-state index < -0.39 is 5.97 Å². The van der Waals surface area contributed by atoms with E-state index >= 15 is 0 Å². The number of rotatable bonds is 9. The van der Waals surface area contributed by atoms with Gasteiger partial charge in [0.25, 0.3) is 5.91 Å². The molecule has 0 aliphatic rings. The largest absolute Gasteiger partial charge is 0.496 e. The Morgan fingerprint density at radius 2 is 1.85 bits per heavy atom. The molecule has 6 heteroatoms. The molecule has 0 saturated heterocycles. The zero-order chi connectivity index (χ0) is 19.6. The number of esters is 1. The van der Waals surface area contributed by atoms with Crippen LogP contribution in [0, 0.1) is 0 Å². The maximum Gasteiger partial charge on any atom is 0.310 e. The van der Waals surface area contributed by atoms with Crippen molar-refractivity contribution >= 4 is 11.9 Å². The summed E-state index contributed by atoms with van der Waals surface area (Å²) in [4.78, 5) is 23.9. The van der Waals surface area contributed by atoms with Gasteiger partial charge in [0.1, 0.15) is 11.5 Å². The average molecular weight is 371 g/mol. The molecule has 1 amide bonds. The number of nitrogens with one attached hydrogen (secondary N) is 1. The molecule has 0 heterocycles. The molecule has 0 spiro atoms. The summed E-state index contributed by atoms with van der Waals surface area (Å²) in [6.07, 6.45) is 0.133. The first kappa shape index (κ1) is 20.3. The first-order chi connectivity index (χ1) is 13.0. The van der Waals surface area contributed by atoms with Crippen LogP contribution in [0.3, 0.4) is 0 Å². The standard InChI is InChI=1S/C21H25NO5/c1-15(2)27-18-9-6-7-16(11-18)12-21(24)26-14-20(23)22-13-17-8-4-5-10-19(17)25-3/h4-11,15H,12-14H2,1-3H3,(H,22,23). The molecule has 27 heavy (non-hydrogen) atoms. The molecule has 2 aromatic rings. The van der Waals surface area contributed by atoms with Gasteiger partial charge in [-0.05, 0) is 37.6 Å². The fraction of sp³-hybridized carbons (Fsp3) is 0.333. The number of carbonyl (C=O) groups is 2. The molecule has 144 valence electrons. The highest BCUT2D eigenvalue weighted by Crippen LogP contribution is 2.17. The molecule has 0 saturated carbocycles. The molecular weight excluding hydrogens is 346 g/mol. The highest BCUT2D eigenvalue weighted by molar-refractivity contribution is 5.81. The summed E-state index contributed by atoms with van der Waals surface area (Å²) >= 11 is 0. The van der Waals surface area contributed by atoms with Crippen LogP contribution in [0.2, 0.25) is 0 Å². The van der Waals surface area contributed by atoms with Gasteiger partial charge in [-0.1, -0.05) is 30.3 Å². The maximum absolute atomic E-state index is 12.0. The smallest absolute Gasteiger partial charge is 0.310 e. The minimum Gasteiger partial charge on any atom is -0.496 e. The summed E-state index contributed by atoms with van der Waals surface area (Å²) in [7, 11) is 1.57. The van der Waals surface area contributed by atoms with E-state index in [9.17, 15) is 9.59 Å². The molecule has 0 aliphatic heterocycles. The summed E-state index contributed by atoms with van der Waals surface area (Å²) in [6, 6.07) is 14.7. The van der Waals surface area contributed by atoms with Gasteiger partial charge in [0.05, 0.1) is 19.6 Å². The second-order valence-corrected chi connectivity index (χ2v) is 6.24. The second kappa shape index (κ2) is 10.2. The van der Waals surface area contributed by atoms with Crippen LogP contribution in [0.1, 0.15) is 25.0 Å². The van der Waals surface area contributed by atoms with Crippen molar-refractivity contribution in [2.75, 3.05) is 13.7 Å². The van der Waals surface area contributed by atoms with Crippen LogP contribution in [0.4, 0.5) is 0 Å². The second-order valence-electron chi connectivity index (χ2n) is 6.24. The quantitative estimate of drug-likeness (QED) is 0.686. The van der Waals surface area contributed by atoms with Crippen molar-refractivity contribution < 1.29 is 23.8 Å². The van der Waals surface area contributed by atoms with Gasteiger partial charge in [-0.2, -0.15) is 0 Å². The average Bonchev–Trinajstić information content (AvgIpc) is 2.64. The van der Waals surface area contributed by atoms with E-state index in [-0.39, 0.29) is 25.0 Å². The van der Waals surface area contributed by atoms with Gasteiger partial charge < -0.3 is 19.5 Å². The molecule has 1 N–H and O–H groups in total. The Balaban J connectivity index is 1.77. The van der Waals surface area contributed by atoms with Gasteiger partial charge >= 0.3 is 5.97 Å². The summed E-state index contributed by atoms with van der Waals surface area (Å²) < 4.78 is 15.9. The van der Waals surface area contributed by atoms with Gasteiger partial charge in [-0.3, -0.25) is 9.59 Å². The van der Waals surface area contributed by atoms with Crippen LogP contribution in [0.25, 0.3) is 0 Å². The number of para-hydroxylation sites is 1. The molecule has 6 nitrogen and oxygen atoms in total. The third-order valence-corrected chi connectivity index (χ3v) is 3.65. The molecule has 2 aromatic carbocycles. The lowest BCUT2D eigenvalue weighted by Crippen LogP contribution is -2.28. The van der Waals surface area contributed by atoms with Crippen LogP contribution < -0.4 is 14.8 Å². The number of carbonyl (C=O) groups excluding carboxylic acids is 2. The molecule has 0 fully saturated rings. The van der Waals surface area contributed by atoms with E-state index in [2.05, 4.69) is 5.32 Å². The van der Waals surface area contributed by atoms with Crippen LogP contribution in [0.5, 0.6) is 11.5 Å². The lowest BCUT2D eigenvalue weighted by Gasteiger charge is -2.11. The molecular formula is C21H25NO5. The summed E-state index contributed by atoms with van der Waals surface area (Å²) in [5.41, 5.74) is 1.62. The Morgan fingerprint density at radius 1 is 1.07 bits per heavy atom. The Kier molecular flexibility index (Phi) is 7.67.